The van der Waals surface area contributed by atoms with E-state index in [1.54, 1.807) is 0 Å². The molecule has 18 heavy (non-hydrogen) atoms. The fourth-order valence-corrected chi connectivity index (χ4v) is 3.02. The van der Waals surface area contributed by atoms with Crippen LogP contribution in [-0.4, -0.2) is 10.7 Å². The predicted octanol–water partition coefficient (Wildman–Crippen LogP) is 3.69. The van der Waals surface area contributed by atoms with Crippen molar-refractivity contribution in [3.05, 3.63) is 35.4 Å². The van der Waals surface area contributed by atoms with Gasteiger partial charge in [-0.05, 0) is 42.4 Å². The first-order valence-corrected chi connectivity index (χ1v) is 6.56. The normalized spacial score (nSPS) is 32.5. The van der Waals surface area contributed by atoms with Crippen LogP contribution in [0.4, 0.5) is 8.78 Å². The zero-order chi connectivity index (χ0) is 13.3. The van der Waals surface area contributed by atoms with Gasteiger partial charge >= 0.3 is 0 Å². The highest BCUT2D eigenvalue weighted by molar-refractivity contribution is 5.20. The van der Waals surface area contributed by atoms with Crippen LogP contribution >= 0.6 is 0 Å². The molecule has 0 aromatic heterocycles. The first-order chi connectivity index (χ1) is 8.39. The average molecular weight is 254 g/mol. The number of hydrogen-bond acceptors (Lipinski definition) is 1. The standard InChI is InChI=1S/C15H20F2O/c1-10-3-4-11(2)15(18,8-10)9-12-5-13(16)7-14(17)6-12/h5-7,10-11,18H,3-4,8-9H2,1-2H3. The number of benzene rings is 1. The van der Waals surface area contributed by atoms with Crippen molar-refractivity contribution >= 4 is 0 Å². The minimum atomic E-state index is -0.835. The van der Waals surface area contributed by atoms with Crippen molar-refractivity contribution in [1.82, 2.24) is 0 Å². The molecule has 0 saturated heterocycles. The molecule has 0 amide bonds. The summed E-state index contributed by atoms with van der Waals surface area (Å²) in [6, 6.07) is 3.49. The zero-order valence-electron chi connectivity index (χ0n) is 10.9. The molecule has 3 atom stereocenters. The molecule has 3 heteroatoms. The highest BCUT2D eigenvalue weighted by Crippen LogP contribution is 2.39. The van der Waals surface area contributed by atoms with Crippen molar-refractivity contribution in [2.75, 3.05) is 0 Å². The molecule has 1 aliphatic rings. The molecule has 1 N–H and O–H groups in total. The Morgan fingerprint density at radius 1 is 1.17 bits per heavy atom. The molecule has 1 aromatic rings. The van der Waals surface area contributed by atoms with E-state index in [1.165, 1.54) is 12.1 Å². The van der Waals surface area contributed by atoms with Crippen LogP contribution < -0.4 is 0 Å². The van der Waals surface area contributed by atoms with E-state index in [0.717, 1.165) is 18.9 Å². The van der Waals surface area contributed by atoms with Crippen LogP contribution in [0.25, 0.3) is 0 Å². The maximum Gasteiger partial charge on any atom is 0.126 e. The van der Waals surface area contributed by atoms with Gasteiger partial charge in [-0.25, -0.2) is 8.78 Å². The van der Waals surface area contributed by atoms with Gasteiger partial charge in [0.2, 0.25) is 0 Å². The quantitative estimate of drug-likeness (QED) is 0.853. The molecule has 1 aliphatic carbocycles. The third kappa shape index (κ3) is 2.89. The third-order valence-electron chi connectivity index (χ3n) is 4.14. The lowest BCUT2D eigenvalue weighted by Gasteiger charge is -2.41. The Labute approximate surface area is 107 Å². The van der Waals surface area contributed by atoms with Gasteiger partial charge in [0, 0.05) is 12.5 Å². The lowest BCUT2D eigenvalue weighted by atomic mass is 9.69. The minimum Gasteiger partial charge on any atom is -0.389 e. The SMILES string of the molecule is CC1CCC(C)C(O)(Cc2cc(F)cc(F)c2)C1. The summed E-state index contributed by atoms with van der Waals surface area (Å²) in [5.41, 5.74) is -0.297. The monoisotopic (exact) mass is 254 g/mol. The highest BCUT2D eigenvalue weighted by atomic mass is 19.1. The topological polar surface area (TPSA) is 20.2 Å². The molecule has 0 bridgehead atoms. The Bertz CT molecular complexity index is 412. The van der Waals surface area contributed by atoms with E-state index in [-0.39, 0.29) is 5.92 Å². The van der Waals surface area contributed by atoms with Crippen molar-refractivity contribution in [3.8, 4) is 0 Å². The van der Waals surface area contributed by atoms with E-state index in [0.29, 0.717) is 24.3 Å². The third-order valence-corrected chi connectivity index (χ3v) is 4.14. The molecular formula is C15H20F2O. The second kappa shape index (κ2) is 4.96. The van der Waals surface area contributed by atoms with Gasteiger partial charge in [-0.15, -0.1) is 0 Å². The molecule has 1 saturated carbocycles. The van der Waals surface area contributed by atoms with Gasteiger partial charge in [-0.3, -0.25) is 0 Å². The Balaban J connectivity index is 2.20. The first kappa shape index (κ1) is 13.5. The van der Waals surface area contributed by atoms with Crippen molar-refractivity contribution in [2.24, 2.45) is 11.8 Å². The molecule has 1 nitrogen and oxygen atoms in total. The molecular weight excluding hydrogens is 234 g/mol. The summed E-state index contributed by atoms with van der Waals surface area (Å²) in [5.74, 6) is -0.528. The molecule has 0 spiro atoms. The largest absolute Gasteiger partial charge is 0.389 e. The molecule has 2 rings (SSSR count). The smallest absolute Gasteiger partial charge is 0.126 e. The summed E-state index contributed by atoms with van der Waals surface area (Å²) in [6.45, 7) is 4.13. The van der Waals surface area contributed by atoms with Crippen molar-refractivity contribution in [3.63, 3.8) is 0 Å². The second-order valence-electron chi connectivity index (χ2n) is 5.85. The van der Waals surface area contributed by atoms with Gasteiger partial charge in [0.05, 0.1) is 5.60 Å². The van der Waals surface area contributed by atoms with Crippen molar-refractivity contribution in [2.45, 2.75) is 45.1 Å². The van der Waals surface area contributed by atoms with E-state index < -0.39 is 17.2 Å². The fourth-order valence-electron chi connectivity index (χ4n) is 3.02. The van der Waals surface area contributed by atoms with Crippen LogP contribution in [0.3, 0.4) is 0 Å². The molecule has 0 heterocycles. The maximum atomic E-state index is 13.2. The molecule has 0 aliphatic heterocycles. The van der Waals surface area contributed by atoms with E-state index >= 15 is 0 Å². The predicted molar refractivity (Wildman–Crippen MR) is 67.2 cm³/mol. The van der Waals surface area contributed by atoms with Gasteiger partial charge < -0.3 is 5.11 Å². The second-order valence-corrected chi connectivity index (χ2v) is 5.85. The summed E-state index contributed by atoms with van der Waals surface area (Å²) in [4.78, 5) is 0. The average Bonchev–Trinajstić information content (AvgIpc) is 2.22. The molecule has 1 aromatic carbocycles. The molecule has 3 unspecified atom stereocenters. The van der Waals surface area contributed by atoms with Crippen LogP contribution in [0.1, 0.15) is 38.7 Å². The van der Waals surface area contributed by atoms with Crippen LogP contribution in [0.2, 0.25) is 0 Å². The summed E-state index contributed by atoms with van der Waals surface area (Å²) in [6.07, 6.45) is 3.11. The van der Waals surface area contributed by atoms with Crippen LogP contribution in [-0.2, 0) is 6.42 Å². The Kier molecular flexibility index (Phi) is 3.71. The van der Waals surface area contributed by atoms with Gasteiger partial charge in [-0.2, -0.15) is 0 Å². The van der Waals surface area contributed by atoms with E-state index in [1.807, 2.05) is 6.92 Å². The lowest BCUT2D eigenvalue weighted by Crippen LogP contribution is -2.43. The Morgan fingerprint density at radius 2 is 1.78 bits per heavy atom. The van der Waals surface area contributed by atoms with Crippen molar-refractivity contribution < 1.29 is 13.9 Å². The van der Waals surface area contributed by atoms with E-state index in [4.69, 9.17) is 0 Å². The van der Waals surface area contributed by atoms with Gasteiger partial charge in [-0.1, -0.05) is 20.3 Å². The van der Waals surface area contributed by atoms with Gasteiger partial charge in [0.1, 0.15) is 11.6 Å². The van der Waals surface area contributed by atoms with Crippen LogP contribution in [0.15, 0.2) is 18.2 Å². The van der Waals surface area contributed by atoms with E-state index in [9.17, 15) is 13.9 Å². The fraction of sp³-hybridized carbons (Fsp3) is 0.600. The summed E-state index contributed by atoms with van der Waals surface area (Å²) in [5, 5.41) is 10.7. The lowest BCUT2D eigenvalue weighted by molar-refractivity contribution is -0.0560. The summed E-state index contributed by atoms with van der Waals surface area (Å²) < 4.78 is 26.3. The Hall–Kier alpha value is -0.960. The van der Waals surface area contributed by atoms with Gasteiger partial charge in [0.15, 0.2) is 0 Å². The first-order valence-electron chi connectivity index (χ1n) is 6.56. The maximum absolute atomic E-state index is 13.2. The minimum absolute atomic E-state index is 0.167. The number of hydrogen-bond donors (Lipinski definition) is 1. The number of aliphatic hydroxyl groups is 1. The van der Waals surface area contributed by atoms with E-state index in [2.05, 4.69) is 6.92 Å². The summed E-state index contributed by atoms with van der Waals surface area (Å²) >= 11 is 0. The van der Waals surface area contributed by atoms with Gasteiger partial charge in [0.25, 0.3) is 0 Å². The molecule has 0 radical (unpaired) electrons. The molecule has 100 valence electrons. The van der Waals surface area contributed by atoms with Crippen LogP contribution in [0, 0.1) is 23.5 Å². The highest BCUT2D eigenvalue weighted by Gasteiger charge is 2.38. The number of halogens is 2. The van der Waals surface area contributed by atoms with Crippen LogP contribution in [0.5, 0.6) is 0 Å². The van der Waals surface area contributed by atoms with Crippen molar-refractivity contribution in [1.29, 1.82) is 0 Å². The zero-order valence-corrected chi connectivity index (χ0v) is 10.9. The Morgan fingerprint density at radius 3 is 2.39 bits per heavy atom. The number of rotatable bonds is 2. The molecule has 1 fully saturated rings. The summed E-state index contributed by atoms with van der Waals surface area (Å²) in [7, 11) is 0.